The van der Waals surface area contributed by atoms with Gasteiger partial charge in [0.25, 0.3) is 0 Å². The third-order valence-electron chi connectivity index (χ3n) is 4.74. The van der Waals surface area contributed by atoms with Crippen LogP contribution in [-0.2, 0) is 0 Å². The van der Waals surface area contributed by atoms with Crippen LogP contribution in [0, 0.1) is 13.8 Å². The number of rotatable bonds is 4. The van der Waals surface area contributed by atoms with E-state index in [4.69, 9.17) is 9.15 Å². The molecule has 0 saturated carbocycles. The summed E-state index contributed by atoms with van der Waals surface area (Å²) in [6.07, 6.45) is -0.683. The summed E-state index contributed by atoms with van der Waals surface area (Å²) in [5.74, 6) is 0.380. The Hall–Kier alpha value is -3.34. The van der Waals surface area contributed by atoms with Crippen molar-refractivity contribution in [2.75, 3.05) is 0 Å². The van der Waals surface area contributed by atoms with Crippen molar-refractivity contribution >= 4 is 27.7 Å². The van der Waals surface area contributed by atoms with Crippen molar-refractivity contribution in [2.45, 2.75) is 26.9 Å². The molecule has 2 aromatic carbocycles. The number of hydrogen-bond donors (Lipinski definition) is 1. The Morgan fingerprint density at radius 2 is 1.85 bits per heavy atom. The highest BCUT2D eigenvalue weighted by molar-refractivity contribution is 6.11. The predicted molar refractivity (Wildman–Crippen MR) is 105 cm³/mol. The van der Waals surface area contributed by atoms with Crippen LogP contribution in [0.2, 0.25) is 0 Å². The van der Waals surface area contributed by atoms with Crippen LogP contribution in [-0.4, -0.2) is 16.9 Å². The van der Waals surface area contributed by atoms with Crippen LogP contribution in [0.3, 0.4) is 0 Å². The molecule has 4 rings (SSSR count). The molecule has 0 saturated heterocycles. The monoisotopic (exact) mass is 361 g/mol. The van der Waals surface area contributed by atoms with Gasteiger partial charge in [0.15, 0.2) is 6.10 Å². The maximum absolute atomic E-state index is 13.0. The van der Waals surface area contributed by atoms with Gasteiger partial charge in [-0.25, -0.2) is 4.79 Å². The number of fused-ring (bicyclic) bond motifs is 2. The Morgan fingerprint density at radius 1 is 1.07 bits per heavy atom. The first-order valence-corrected chi connectivity index (χ1v) is 8.77. The number of ether oxygens (including phenoxy) is 1. The smallest absolute Gasteiger partial charge is 0.336 e. The molecule has 4 aromatic rings. The lowest BCUT2D eigenvalue weighted by Crippen LogP contribution is -2.24. The molecule has 136 valence electrons. The highest BCUT2D eigenvalue weighted by Gasteiger charge is 2.23. The van der Waals surface area contributed by atoms with E-state index in [2.05, 4.69) is 4.98 Å². The minimum absolute atomic E-state index is 0.101. The number of aromatic amines is 1. The van der Waals surface area contributed by atoms with E-state index in [1.807, 2.05) is 44.2 Å². The zero-order valence-corrected chi connectivity index (χ0v) is 15.3. The molecular formula is C22H19NO4. The van der Waals surface area contributed by atoms with E-state index in [1.165, 1.54) is 6.07 Å². The summed E-state index contributed by atoms with van der Waals surface area (Å²) in [7, 11) is 0. The Kier molecular flexibility index (Phi) is 4.07. The van der Waals surface area contributed by atoms with Crippen LogP contribution in [0.15, 0.2) is 57.7 Å². The molecule has 0 fully saturated rings. The highest BCUT2D eigenvalue weighted by atomic mass is 16.5. The average molecular weight is 361 g/mol. The Morgan fingerprint density at radius 3 is 2.67 bits per heavy atom. The van der Waals surface area contributed by atoms with Gasteiger partial charge < -0.3 is 14.1 Å². The van der Waals surface area contributed by atoms with Crippen LogP contribution >= 0.6 is 0 Å². The van der Waals surface area contributed by atoms with Gasteiger partial charge in [-0.05, 0) is 44.5 Å². The number of para-hydroxylation sites is 1. The first-order chi connectivity index (χ1) is 12.9. The van der Waals surface area contributed by atoms with Gasteiger partial charge in [-0.3, -0.25) is 4.79 Å². The number of aromatic nitrogens is 1. The molecule has 0 amide bonds. The molecule has 0 aliphatic rings. The zero-order chi connectivity index (χ0) is 19.1. The molecule has 0 spiro atoms. The Labute approximate surface area is 155 Å². The van der Waals surface area contributed by atoms with E-state index in [0.29, 0.717) is 16.9 Å². The number of nitrogens with one attached hydrogen (secondary N) is 1. The maximum atomic E-state index is 13.0. The average Bonchev–Trinajstić information content (AvgIpc) is 2.96. The first-order valence-electron chi connectivity index (χ1n) is 8.77. The summed E-state index contributed by atoms with van der Waals surface area (Å²) in [6.45, 7) is 5.46. The molecular weight excluding hydrogens is 342 g/mol. The van der Waals surface area contributed by atoms with Gasteiger partial charge in [-0.1, -0.05) is 18.2 Å². The van der Waals surface area contributed by atoms with Gasteiger partial charge in [0, 0.05) is 39.7 Å². The van der Waals surface area contributed by atoms with Crippen LogP contribution in [0.5, 0.6) is 5.75 Å². The van der Waals surface area contributed by atoms with Crippen molar-refractivity contribution in [1.29, 1.82) is 0 Å². The molecule has 1 atom stereocenters. The first kappa shape index (κ1) is 17.1. The van der Waals surface area contributed by atoms with Crippen molar-refractivity contribution in [1.82, 2.24) is 4.98 Å². The predicted octanol–water partition coefficient (Wildman–Crippen LogP) is 4.54. The molecule has 1 N–H and O–H groups in total. The molecule has 27 heavy (non-hydrogen) atoms. The Balaban J connectivity index is 1.66. The SMILES string of the molecule is Cc1[nH]c2ccccc2c1C(=O)C(C)Oc1ccc2c(C)cc(=O)oc2c1. The summed E-state index contributed by atoms with van der Waals surface area (Å²) in [5.41, 5.74) is 3.26. The molecule has 5 nitrogen and oxygen atoms in total. The second kappa shape index (κ2) is 6.43. The second-order valence-electron chi connectivity index (χ2n) is 6.70. The van der Waals surface area contributed by atoms with Crippen LogP contribution in [0.1, 0.15) is 28.5 Å². The van der Waals surface area contributed by atoms with Gasteiger partial charge in [-0.2, -0.15) is 0 Å². The molecule has 2 aromatic heterocycles. The van der Waals surface area contributed by atoms with Crippen molar-refractivity contribution in [3.05, 3.63) is 75.8 Å². The van der Waals surface area contributed by atoms with Gasteiger partial charge in [0.05, 0.1) is 0 Å². The fourth-order valence-corrected chi connectivity index (χ4v) is 3.43. The maximum Gasteiger partial charge on any atom is 0.336 e. The summed E-state index contributed by atoms with van der Waals surface area (Å²) < 4.78 is 11.1. The topological polar surface area (TPSA) is 72.3 Å². The van der Waals surface area contributed by atoms with Crippen molar-refractivity contribution < 1.29 is 13.9 Å². The van der Waals surface area contributed by atoms with E-state index < -0.39 is 11.7 Å². The van der Waals surface area contributed by atoms with E-state index in [-0.39, 0.29) is 5.78 Å². The van der Waals surface area contributed by atoms with Crippen molar-refractivity contribution in [3.63, 3.8) is 0 Å². The molecule has 0 aliphatic heterocycles. The number of benzene rings is 2. The van der Waals surface area contributed by atoms with Gasteiger partial charge in [-0.15, -0.1) is 0 Å². The van der Waals surface area contributed by atoms with E-state index in [1.54, 1.807) is 19.1 Å². The normalized spacial score (nSPS) is 12.4. The summed E-state index contributed by atoms with van der Waals surface area (Å²) in [6, 6.07) is 14.4. The lowest BCUT2D eigenvalue weighted by atomic mass is 10.0. The van der Waals surface area contributed by atoms with E-state index in [9.17, 15) is 9.59 Å². The minimum Gasteiger partial charge on any atom is -0.482 e. The fourth-order valence-electron chi connectivity index (χ4n) is 3.43. The fraction of sp³-hybridized carbons (Fsp3) is 0.182. The number of ketones is 1. The minimum atomic E-state index is -0.683. The van der Waals surface area contributed by atoms with E-state index >= 15 is 0 Å². The van der Waals surface area contributed by atoms with Crippen molar-refractivity contribution in [3.8, 4) is 5.75 Å². The number of Topliss-reactive ketones (excluding diaryl/α,β-unsaturated/α-hetero) is 1. The van der Waals surface area contributed by atoms with Gasteiger partial charge in [0.1, 0.15) is 11.3 Å². The standard InChI is InChI=1S/C22H19NO4/c1-12-10-20(24)27-19-11-15(8-9-16(12)19)26-14(3)22(25)21-13(2)23-18-7-5-4-6-17(18)21/h4-11,14,23H,1-3H3. The molecule has 2 heterocycles. The molecule has 5 heteroatoms. The van der Waals surface area contributed by atoms with Crippen LogP contribution < -0.4 is 10.4 Å². The number of aryl methyl sites for hydroxylation is 2. The number of hydrogen-bond acceptors (Lipinski definition) is 4. The number of carbonyl (C=O) groups is 1. The number of carbonyl (C=O) groups excluding carboxylic acids is 1. The quantitative estimate of drug-likeness (QED) is 0.428. The van der Waals surface area contributed by atoms with Gasteiger partial charge in [0.2, 0.25) is 5.78 Å². The Bertz CT molecular complexity index is 1230. The van der Waals surface area contributed by atoms with Crippen molar-refractivity contribution in [2.24, 2.45) is 0 Å². The highest BCUT2D eigenvalue weighted by Crippen LogP contribution is 2.26. The van der Waals surface area contributed by atoms with Crippen LogP contribution in [0.4, 0.5) is 0 Å². The summed E-state index contributed by atoms with van der Waals surface area (Å²) >= 11 is 0. The second-order valence-corrected chi connectivity index (χ2v) is 6.70. The number of H-pyrrole nitrogens is 1. The van der Waals surface area contributed by atoms with E-state index in [0.717, 1.165) is 27.5 Å². The third-order valence-corrected chi connectivity index (χ3v) is 4.74. The van der Waals surface area contributed by atoms with Gasteiger partial charge >= 0.3 is 5.63 Å². The summed E-state index contributed by atoms with van der Waals surface area (Å²) in [4.78, 5) is 27.8. The largest absolute Gasteiger partial charge is 0.482 e. The molecule has 0 radical (unpaired) electrons. The van der Waals surface area contributed by atoms with Crippen LogP contribution in [0.25, 0.3) is 21.9 Å². The lowest BCUT2D eigenvalue weighted by molar-refractivity contribution is 0.0819. The molecule has 1 unspecified atom stereocenters. The third kappa shape index (κ3) is 3.01. The lowest BCUT2D eigenvalue weighted by Gasteiger charge is -2.14. The summed E-state index contributed by atoms with van der Waals surface area (Å²) in [5, 5.41) is 1.73. The molecule has 0 bridgehead atoms. The zero-order valence-electron chi connectivity index (χ0n) is 15.3. The molecule has 0 aliphatic carbocycles.